The molecule has 0 aliphatic rings. The van der Waals surface area contributed by atoms with Crippen LogP contribution in [0, 0.1) is 13.8 Å². The van der Waals surface area contributed by atoms with Crippen LogP contribution in [0.1, 0.15) is 16.7 Å². The molecule has 94 valence electrons. The fraction of sp³-hybridized carbons (Fsp3) is 0.200. The van der Waals surface area contributed by atoms with Crippen LogP contribution in [0.15, 0.2) is 50.7 Å². The molecule has 0 unspecified atom stereocenters. The van der Waals surface area contributed by atoms with Gasteiger partial charge in [-0.25, -0.2) is 0 Å². The highest BCUT2D eigenvalue weighted by atomic mass is 79.9. The molecule has 1 N–H and O–H groups in total. The second-order valence-corrected chi connectivity index (χ2v) is 6.26. The lowest BCUT2D eigenvalue weighted by molar-refractivity contribution is 0.281. The molecule has 0 amide bonds. The van der Waals surface area contributed by atoms with E-state index >= 15 is 0 Å². The highest BCUT2D eigenvalue weighted by Gasteiger charge is 2.03. The third kappa shape index (κ3) is 3.16. The second kappa shape index (κ2) is 5.91. The maximum Gasteiger partial charge on any atom is 0.0692 e. The lowest BCUT2D eigenvalue weighted by Crippen LogP contribution is -1.86. The van der Waals surface area contributed by atoms with Crippen LogP contribution in [0.2, 0.25) is 0 Å². The number of aryl methyl sites for hydroxylation is 2. The van der Waals surface area contributed by atoms with Crippen molar-refractivity contribution in [3.8, 4) is 0 Å². The Bertz CT molecular complexity index is 566. The summed E-state index contributed by atoms with van der Waals surface area (Å²) in [5.41, 5.74) is 3.54. The average molecular weight is 323 g/mol. The van der Waals surface area contributed by atoms with Crippen molar-refractivity contribution < 1.29 is 5.11 Å². The average Bonchev–Trinajstić information content (AvgIpc) is 2.34. The first-order chi connectivity index (χ1) is 8.60. The summed E-state index contributed by atoms with van der Waals surface area (Å²) in [4.78, 5) is 2.41. The lowest BCUT2D eigenvalue weighted by atomic mass is 10.1. The minimum Gasteiger partial charge on any atom is -0.392 e. The van der Waals surface area contributed by atoms with Crippen LogP contribution in [-0.2, 0) is 6.61 Å². The molecule has 0 radical (unpaired) electrons. The van der Waals surface area contributed by atoms with Gasteiger partial charge in [0.25, 0.3) is 0 Å². The summed E-state index contributed by atoms with van der Waals surface area (Å²) >= 11 is 5.21. The van der Waals surface area contributed by atoms with Crippen molar-refractivity contribution in [1.29, 1.82) is 0 Å². The zero-order chi connectivity index (χ0) is 13.1. The van der Waals surface area contributed by atoms with Crippen molar-refractivity contribution in [2.45, 2.75) is 30.2 Å². The number of halogens is 1. The van der Waals surface area contributed by atoms with Crippen LogP contribution in [0.4, 0.5) is 0 Å². The number of aliphatic hydroxyl groups excluding tert-OH is 1. The molecule has 0 heterocycles. The molecule has 0 aliphatic heterocycles. The highest BCUT2D eigenvalue weighted by molar-refractivity contribution is 9.10. The Morgan fingerprint density at radius 3 is 2.28 bits per heavy atom. The molecule has 0 aliphatic carbocycles. The molecule has 0 saturated heterocycles. The van der Waals surface area contributed by atoms with Gasteiger partial charge in [-0.1, -0.05) is 39.8 Å². The van der Waals surface area contributed by atoms with E-state index in [4.69, 9.17) is 5.11 Å². The fourth-order valence-electron chi connectivity index (χ4n) is 1.63. The molecular formula is C15H15BrOS. The summed E-state index contributed by atoms with van der Waals surface area (Å²) in [7, 11) is 0. The van der Waals surface area contributed by atoms with Crippen LogP contribution in [0.3, 0.4) is 0 Å². The van der Waals surface area contributed by atoms with Gasteiger partial charge in [-0.05, 0) is 54.8 Å². The topological polar surface area (TPSA) is 20.2 Å². The molecule has 0 aromatic heterocycles. The van der Waals surface area contributed by atoms with E-state index in [9.17, 15) is 0 Å². The molecule has 0 atom stereocenters. The number of aliphatic hydroxyl groups is 1. The van der Waals surface area contributed by atoms with Gasteiger partial charge in [0, 0.05) is 14.3 Å². The maximum absolute atomic E-state index is 9.13. The summed E-state index contributed by atoms with van der Waals surface area (Å²) in [5, 5.41) is 9.13. The Hall–Kier alpha value is -0.770. The van der Waals surface area contributed by atoms with E-state index in [1.807, 2.05) is 18.2 Å². The molecule has 18 heavy (non-hydrogen) atoms. The van der Waals surface area contributed by atoms with Gasteiger partial charge in [-0.3, -0.25) is 0 Å². The number of hydrogen-bond acceptors (Lipinski definition) is 2. The predicted molar refractivity (Wildman–Crippen MR) is 80.1 cm³/mol. The third-order valence-corrected chi connectivity index (χ3v) is 4.63. The molecule has 0 fully saturated rings. The van der Waals surface area contributed by atoms with E-state index in [1.54, 1.807) is 11.8 Å². The first-order valence-electron chi connectivity index (χ1n) is 5.74. The van der Waals surface area contributed by atoms with Crippen LogP contribution in [-0.4, -0.2) is 5.11 Å². The Labute approximate surface area is 120 Å². The Kier molecular flexibility index (Phi) is 4.49. The molecule has 3 heteroatoms. The Balaban J connectivity index is 2.23. The van der Waals surface area contributed by atoms with Gasteiger partial charge in [-0.15, -0.1) is 0 Å². The highest BCUT2D eigenvalue weighted by Crippen LogP contribution is 2.31. The van der Waals surface area contributed by atoms with Gasteiger partial charge in [0.1, 0.15) is 0 Å². The smallest absolute Gasteiger partial charge is 0.0692 e. The van der Waals surface area contributed by atoms with Gasteiger partial charge in [-0.2, -0.15) is 0 Å². The molecule has 0 spiro atoms. The van der Waals surface area contributed by atoms with Crippen LogP contribution in [0.25, 0.3) is 0 Å². The molecule has 2 rings (SSSR count). The van der Waals surface area contributed by atoms with E-state index in [-0.39, 0.29) is 6.61 Å². The van der Waals surface area contributed by atoms with Gasteiger partial charge in [0.15, 0.2) is 0 Å². The lowest BCUT2D eigenvalue weighted by Gasteiger charge is -2.07. The van der Waals surface area contributed by atoms with E-state index in [1.165, 1.54) is 20.9 Å². The molecule has 2 aromatic carbocycles. The van der Waals surface area contributed by atoms with E-state index in [0.717, 1.165) is 10.0 Å². The van der Waals surface area contributed by atoms with E-state index in [0.29, 0.717) is 0 Å². The quantitative estimate of drug-likeness (QED) is 0.883. The molecule has 1 nitrogen and oxygen atoms in total. The molecular weight excluding hydrogens is 308 g/mol. The Morgan fingerprint density at radius 2 is 1.67 bits per heavy atom. The summed E-state index contributed by atoms with van der Waals surface area (Å²) in [6.07, 6.45) is 0. The summed E-state index contributed by atoms with van der Waals surface area (Å²) in [5.74, 6) is 0. The van der Waals surface area contributed by atoms with Crippen LogP contribution in [0.5, 0.6) is 0 Å². The normalized spacial score (nSPS) is 10.7. The summed E-state index contributed by atoms with van der Waals surface area (Å²) in [6.45, 7) is 4.32. The zero-order valence-corrected chi connectivity index (χ0v) is 12.8. The van der Waals surface area contributed by atoms with Crippen molar-refractivity contribution >= 4 is 27.7 Å². The predicted octanol–water partition coefficient (Wildman–Crippen LogP) is 4.71. The van der Waals surface area contributed by atoms with E-state index < -0.39 is 0 Å². The third-order valence-electron chi connectivity index (χ3n) is 2.91. The minimum atomic E-state index is 0.0647. The van der Waals surface area contributed by atoms with Crippen LogP contribution < -0.4 is 0 Å². The molecule has 0 saturated carbocycles. The molecule has 2 aromatic rings. The van der Waals surface area contributed by atoms with Crippen molar-refractivity contribution in [3.05, 3.63) is 57.6 Å². The van der Waals surface area contributed by atoms with Gasteiger partial charge < -0.3 is 5.11 Å². The Morgan fingerprint density at radius 1 is 1.00 bits per heavy atom. The number of rotatable bonds is 3. The van der Waals surface area contributed by atoms with Crippen molar-refractivity contribution in [3.63, 3.8) is 0 Å². The van der Waals surface area contributed by atoms with Crippen molar-refractivity contribution in [1.82, 2.24) is 0 Å². The maximum atomic E-state index is 9.13. The standard InChI is InChI=1S/C15H15BrOS/c1-10-3-5-13(7-11(10)2)18-14-6-4-12(9-17)15(16)8-14/h3-8,17H,9H2,1-2H3. The van der Waals surface area contributed by atoms with Crippen molar-refractivity contribution in [2.24, 2.45) is 0 Å². The summed E-state index contributed by atoms with van der Waals surface area (Å²) in [6, 6.07) is 12.5. The first kappa shape index (κ1) is 13.7. The monoisotopic (exact) mass is 322 g/mol. The molecule has 0 bridgehead atoms. The number of benzene rings is 2. The summed E-state index contributed by atoms with van der Waals surface area (Å²) < 4.78 is 0.957. The van der Waals surface area contributed by atoms with Crippen molar-refractivity contribution in [2.75, 3.05) is 0 Å². The van der Waals surface area contributed by atoms with E-state index in [2.05, 4.69) is 48.0 Å². The second-order valence-electron chi connectivity index (χ2n) is 4.26. The zero-order valence-electron chi connectivity index (χ0n) is 10.4. The SMILES string of the molecule is Cc1ccc(Sc2ccc(CO)c(Br)c2)cc1C. The number of hydrogen-bond donors (Lipinski definition) is 1. The largest absolute Gasteiger partial charge is 0.392 e. The van der Waals surface area contributed by atoms with Gasteiger partial charge in [0.2, 0.25) is 0 Å². The van der Waals surface area contributed by atoms with Gasteiger partial charge in [0.05, 0.1) is 6.61 Å². The fourth-order valence-corrected chi connectivity index (χ4v) is 3.25. The van der Waals surface area contributed by atoms with Gasteiger partial charge >= 0.3 is 0 Å². The minimum absolute atomic E-state index is 0.0647. The van der Waals surface area contributed by atoms with Crippen LogP contribution >= 0.6 is 27.7 Å². The first-order valence-corrected chi connectivity index (χ1v) is 7.35.